The van der Waals surface area contributed by atoms with Crippen molar-refractivity contribution in [2.45, 2.75) is 71.0 Å². The highest BCUT2D eigenvalue weighted by Crippen LogP contribution is 2.29. The molecule has 38 heavy (non-hydrogen) atoms. The maximum atomic E-state index is 12.0. The summed E-state index contributed by atoms with van der Waals surface area (Å²) in [4.78, 5) is 26.4. The molecule has 0 bridgehead atoms. The number of hydrogen-bond donors (Lipinski definition) is 2. The Hall–Kier alpha value is -2.94. The fraction of sp³-hybridized carbons (Fsp3) is 0.552. The van der Waals surface area contributed by atoms with E-state index in [-0.39, 0.29) is 12.5 Å². The molecule has 1 aromatic rings. The third kappa shape index (κ3) is 18.3. The molecule has 3 rings (SSSR count). The van der Waals surface area contributed by atoms with Gasteiger partial charge in [0, 0.05) is 32.4 Å². The maximum absolute atomic E-state index is 12.0. The molecular formula is C29H45F3N4O2. The summed E-state index contributed by atoms with van der Waals surface area (Å²) in [5.74, 6) is 0.0228. The number of halogens is 3. The minimum atomic E-state index is -4.22. The first-order valence-corrected chi connectivity index (χ1v) is 13.2. The van der Waals surface area contributed by atoms with Crippen LogP contribution in [0.3, 0.4) is 0 Å². The zero-order chi connectivity index (χ0) is 28.7. The summed E-state index contributed by atoms with van der Waals surface area (Å²) in [7, 11) is 1.73. The van der Waals surface area contributed by atoms with E-state index >= 15 is 0 Å². The van der Waals surface area contributed by atoms with Gasteiger partial charge in [0.1, 0.15) is 0 Å². The Labute approximate surface area is 226 Å². The standard InChI is InChI=1S/C8H7F3.C8H17N.C7H12N2O2.C6H9N/c1-6-3-2-4-7(5-6)8(9,10)11;1-2-9-8-6-4-3-5-7-8;10-6-8-5-7(11)9-3-1-2-4-9;1-3-4-5-6-7-2/h2-5H,1H3;8-9H,2-7H2,1H3;6H,1-5H2,(H,8,10);3-6H,1H2,2H3/b;;;5-4-,7-6?. The molecule has 0 aromatic heterocycles. The molecule has 0 unspecified atom stereocenters. The molecule has 1 aliphatic heterocycles. The molecule has 1 aromatic carbocycles. The zero-order valence-electron chi connectivity index (χ0n) is 23.1. The van der Waals surface area contributed by atoms with Gasteiger partial charge in [0.2, 0.25) is 12.3 Å². The number of aliphatic imine (C=N–C) groups is 1. The highest BCUT2D eigenvalue weighted by atomic mass is 19.4. The second kappa shape index (κ2) is 22.1. The lowest BCUT2D eigenvalue weighted by atomic mass is 9.96. The smallest absolute Gasteiger partial charge is 0.350 e. The summed E-state index contributed by atoms with van der Waals surface area (Å²) < 4.78 is 35.9. The van der Waals surface area contributed by atoms with Crippen molar-refractivity contribution in [3.63, 3.8) is 0 Å². The number of hydrogen-bond acceptors (Lipinski definition) is 4. The highest BCUT2D eigenvalue weighted by Gasteiger charge is 2.29. The summed E-state index contributed by atoms with van der Waals surface area (Å²) in [6, 6.07) is 6.07. The number of allylic oxidation sites excluding steroid dienone is 3. The molecule has 2 N–H and O–H groups in total. The molecule has 1 saturated heterocycles. The first kappa shape index (κ1) is 35.1. The second-order valence-corrected chi connectivity index (χ2v) is 8.87. The summed E-state index contributed by atoms with van der Waals surface area (Å²) >= 11 is 0. The van der Waals surface area contributed by atoms with E-state index in [0.717, 1.165) is 50.7 Å². The molecule has 1 aliphatic carbocycles. The van der Waals surface area contributed by atoms with Gasteiger partial charge in [-0.3, -0.25) is 14.6 Å². The first-order valence-electron chi connectivity index (χ1n) is 13.2. The van der Waals surface area contributed by atoms with Crippen LogP contribution in [0.4, 0.5) is 13.2 Å². The second-order valence-electron chi connectivity index (χ2n) is 8.87. The third-order valence-electron chi connectivity index (χ3n) is 5.72. The predicted octanol–water partition coefficient (Wildman–Crippen LogP) is 5.73. The SMILES string of the molecule is C=C/C=C\C=NC.CCNC1CCCCC1.Cc1cccc(C(F)(F)F)c1.O=CNCC(=O)N1CCCC1. The minimum absolute atomic E-state index is 0.0228. The number of nitrogens with zero attached hydrogens (tertiary/aromatic N) is 2. The molecule has 1 saturated carbocycles. The van der Waals surface area contributed by atoms with E-state index in [9.17, 15) is 22.8 Å². The van der Waals surface area contributed by atoms with E-state index in [1.165, 1.54) is 38.2 Å². The van der Waals surface area contributed by atoms with Crippen LogP contribution in [0.5, 0.6) is 0 Å². The first-order chi connectivity index (χ1) is 18.2. The van der Waals surface area contributed by atoms with Crippen LogP contribution < -0.4 is 10.6 Å². The molecule has 2 aliphatic rings. The van der Waals surface area contributed by atoms with Crippen LogP contribution in [0, 0.1) is 6.92 Å². The van der Waals surface area contributed by atoms with Crippen LogP contribution >= 0.6 is 0 Å². The van der Waals surface area contributed by atoms with Gasteiger partial charge in [-0.2, -0.15) is 13.2 Å². The van der Waals surface area contributed by atoms with Gasteiger partial charge in [0.25, 0.3) is 0 Å². The topological polar surface area (TPSA) is 73.8 Å². The number of carbonyl (C=O) groups excluding carboxylic acids is 2. The van der Waals surface area contributed by atoms with Crippen LogP contribution in [0.25, 0.3) is 0 Å². The number of carbonyl (C=O) groups is 2. The van der Waals surface area contributed by atoms with Crippen molar-refractivity contribution in [3.8, 4) is 0 Å². The summed E-state index contributed by atoms with van der Waals surface area (Å²) in [6.07, 6.45) is 12.8. The van der Waals surface area contributed by atoms with Gasteiger partial charge in [-0.05, 0) is 51.3 Å². The molecule has 0 radical (unpaired) electrons. The lowest BCUT2D eigenvalue weighted by molar-refractivity contribution is -0.137. The van der Waals surface area contributed by atoms with Gasteiger partial charge in [0.15, 0.2) is 0 Å². The minimum Gasteiger partial charge on any atom is -0.350 e. The van der Waals surface area contributed by atoms with Crippen molar-refractivity contribution in [1.82, 2.24) is 15.5 Å². The highest BCUT2D eigenvalue weighted by molar-refractivity contribution is 5.80. The van der Waals surface area contributed by atoms with Gasteiger partial charge in [-0.25, -0.2) is 0 Å². The largest absolute Gasteiger partial charge is 0.416 e. The van der Waals surface area contributed by atoms with Crippen LogP contribution in [0.1, 0.15) is 63.0 Å². The van der Waals surface area contributed by atoms with Crippen molar-refractivity contribution >= 4 is 18.5 Å². The Bertz CT molecular complexity index is 827. The van der Waals surface area contributed by atoms with Crippen LogP contribution in [0.15, 0.2) is 54.1 Å². The van der Waals surface area contributed by atoms with E-state index in [4.69, 9.17) is 0 Å². The van der Waals surface area contributed by atoms with Crippen molar-refractivity contribution in [2.75, 3.05) is 33.2 Å². The lowest BCUT2D eigenvalue weighted by Gasteiger charge is -2.21. The molecule has 2 fully saturated rings. The van der Waals surface area contributed by atoms with E-state index in [2.05, 4.69) is 29.1 Å². The van der Waals surface area contributed by atoms with E-state index in [1.807, 2.05) is 12.2 Å². The third-order valence-corrected chi connectivity index (χ3v) is 5.72. The maximum Gasteiger partial charge on any atom is 0.416 e. The van der Waals surface area contributed by atoms with Gasteiger partial charge >= 0.3 is 6.18 Å². The van der Waals surface area contributed by atoms with Crippen molar-refractivity contribution in [3.05, 3.63) is 60.2 Å². The number of aryl methyl sites for hydroxylation is 1. The van der Waals surface area contributed by atoms with Crippen molar-refractivity contribution in [2.24, 2.45) is 4.99 Å². The quantitative estimate of drug-likeness (QED) is 0.265. The Morgan fingerprint density at radius 3 is 2.26 bits per heavy atom. The van der Waals surface area contributed by atoms with Crippen LogP contribution in [-0.4, -0.2) is 62.7 Å². The molecule has 2 amide bonds. The Balaban J connectivity index is 0.000000488. The monoisotopic (exact) mass is 538 g/mol. The fourth-order valence-electron chi connectivity index (χ4n) is 3.84. The Kier molecular flexibility index (Phi) is 20.4. The molecule has 0 spiro atoms. The average Bonchev–Trinajstić information content (AvgIpc) is 3.45. The number of benzene rings is 1. The molecule has 0 atom stereocenters. The lowest BCUT2D eigenvalue weighted by Crippen LogP contribution is -2.35. The number of likely N-dealkylation sites (tertiary alicyclic amines) is 1. The number of nitrogens with one attached hydrogen (secondary N) is 2. The Morgan fingerprint density at radius 1 is 1.13 bits per heavy atom. The van der Waals surface area contributed by atoms with Crippen molar-refractivity contribution in [1.29, 1.82) is 0 Å². The number of amides is 2. The van der Waals surface area contributed by atoms with Crippen LogP contribution in [-0.2, 0) is 15.8 Å². The fourth-order valence-corrected chi connectivity index (χ4v) is 3.84. The molecule has 6 nitrogen and oxygen atoms in total. The van der Waals surface area contributed by atoms with E-state index in [1.54, 1.807) is 37.2 Å². The average molecular weight is 539 g/mol. The van der Waals surface area contributed by atoms with Gasteiger partial charge in [-0.15, -0.1) is 0 Å². The molecule has 1 heterocycles. The summed E-state index contributed by atoms with van der Waals surface area (Å²) in [5, 5.41) is 5.84. The van der Waals surface area contributed by atoms with E-state index < -0.39 is 11.7 Å². The van der Waals surface area contributed by atoms with Gasteiger partial charge in [-0.1, -0.05) is 68.7 Å². The van der Waals surface area contributed by atoms with Crippen LogP contribution in [0.2, 0.25) is 0 Å². The van der Waals surface area contributed by atoms with E-state index in [0.29, 0.717) is 12.0 Å². The van der Waals surface area contributed by atoms with Gasteiger partial charge < -0.3 is 15.5 Å². The normalized spacial score (nSPS) is 15.5. The molecule has 9 heteroatoms. The number of alkyl halides is 3. The Morgan fingerprint density at radius 2 is 1.79 bits per heavy atom. The number of rotatable bonds is 7. The molecular weight excluding hydrogens is 493 g/mol. The summed E-state index contributed by atoms with van der Waals surface area (Å²) in [6.45, 7) is 10.3. The summed E-state index contributed by atoms with van der Waals surface area (Å²) in [5.41, 5.74) is 0.0392. The predicted molar refractivity (Wildman–Crippen MR) is 150 cm³/mol. The molecule has 214 valence electrons. The zero-order valence-corrected chi connectivity index (χ0v) is 23.1. The van der Waals surface area contributed by atoms with Crippen molar-refractivity contribution < 1.29 is 22.8 Å². The van der Waals surface area contributed by atoms with Gasteiger partial charge in [0.05, 0.1) is 12.1 Å².